The van der Waals surface area contributed by atoms with Gasteiger partial charge in [-0.1, -0.05) is 24.3 Å². The van der Waals surface area contributed by atoms with E-state index in [4.69, 9.17) is 14.2 Å². The third-order valence-corrected chi connectivity index (χ3v) is 5.51. The summed E-state index contributed by atoms with van der Waals surface area (Å²) < 4.78 is 29.6. The number of Topliss-reactive ketones (excluding diaryl/α,β-unsaturated/α-hetero) is 1. The molecular weight excluding hydrogens is 457 g/mol. The lowest BCUT2D eigenvalue weighted by Crippen LogP contribution is -2.29. The molecule has 1 aliphatic heterocycles. The number of rotatable bonds is 8. The van der Waals surface area contributed by atoms with Crippen LogP contribution < -0.4 is 9.47 Å². The molecule has 0 aliphatic carbocycles. The molecule has 0 fully saturated rings. The number of ketones is 1. The number of carbonyl (C=O) groups is 4. The maximum atomic E-state index is 13.8. The van der Waals surface area contributed by atoms with Gasteiger partial charge < -0.3 is 14.2 Å². The van der Waals surface area contributed by atoms with Crippen LogP contribution in [-0.2, 0) is 11.3 Å². The Balaban J connectivity index is 1.58. The second-order valence-electron chi connectivity index (χ2n) is 7.59. The normalized spacial score (nSPS) is 12.4. The minimum Gasteiger partial charge on any atom is -0.493 e. The summed E-state index contributed by atoms with van der Waals surface area (Å²) in [4.78, 5) is 51.6. The van der Waals surface area contributed by atoms with Crippen LogP contribution in [0, 0.1) is 5.82 Å². The molecule has 0 saturated carbocycles. The Labute approximate surface area is 199 Å². The van der Waals surface area contributed by atoms with Crippen molar-refractivity contribution in [1.82, 2.24) is 4.90 Å². The van der Waals surface area contributed by atoms with Gasteiger partial charge in [-0.25, -0.2) is 9.18 Å². The van der Waals surface area contributed by atoms with Gasteiger partial charge in [-0.15, -0.1) is 0 Å². The number of ether oxygens (including phenoxy) is 3. The highest BCUT2D eigenvalue weighted by Crippen LogP contribution is 2.35. The van der Waals surface area contributed by atoms with Gasteiger partial charge in [-0.2, -0.15) is 0 Å². The van der Waals surface area contributed by atoms with Gasteiger partial charge in [0.1, 0.15) is 5.82 Å². The number of imide groups is 1. The maximum Gasteiger partial charge on any atom is 0.338 e. The number of nitrogens with zero attached hydrogens (tertiary/aromatic N) is 1. The molecule has 0 radical (unpaired) electrons. The first-order chi connectivity index (χ1) is 16.8. The van der Waals surface area contributed by atoms with Crippen LogP contribution in [0.5, 0.6) is 11.5 Å². The van der Waals surface area contributed by atoms with Gasteiger partial charge in [0.15, 0.2) is 18.1 Å². The van der Waals surface area contributed by atoms with E-state index in [1.54, 1.807) is 24.3 Å². The summed E-state index contributed by atoms with van der Waals surface area (Å²) in [6.45, 7) is -0.872. The Hall–Kier alpha value is -4.53. The van der Waals surface area contributed by atoms with Crippen molar-refractivity contribution >= 4 is 23.6 Å². The van der Waals surface area contributed by atoms with Gasteiger partial charge >= 0.3 is 5.97 Å². The summed E-state index contributed by atoms with van der Waals surface area (Å²) in [6, 6.07) is 14.6. The van der Waals surface area contributed by atoms with E-state index in [1.165, 1.54) is 44.6 Å². The molecular formula is C26H20FNO7. The van der Waals surface area contributed by atoms with Gasteiger partial charge in [0.2, 0.25) is 5.78 Å². The largest absolute Gasteiger partial charge is 0.493 e. The summed E-state index contributed by atoms with van der Waals surface area (Å²) in [5.41, 5.74) is 0.680. The predicted molar refractivity (Wildman–Crippen MR) is 121 cm³/mol. The molecule has 178 valence electrons. The van der Waals surface area contributed by atoms with E-state index in [0.717, 1.165) is 11.0 Å². The van der Waals surface area contributed by atoms with Crippen molar-refractivity contribution in [3.05, 3.63) is 94.3 Å². The van der Waals surface area contributed by atoms with Crippen molar-refractivity contribution in [2.75, 3.05) is 20.8 Å². The van der Waals surface area contributed by atoms with E-state index in [9.17, 15) is 23.6 Å². The Kier molecular flexibility index (Phi) is 6.59. The number of amides is 2. The number of halogens is 1. The molecule has 3 aromatic rings. The Morgan fingerprint density at radius 3 is 2.11 bits per heavy atom. The zero-order valence-corrected chi connectivity index (χ0v) is 18.9. The molecule has 0 N–H and O–H groups in total. The molecule has 35 heavy (non-hydrogen) atoms. The highest BCUT2D eigenvalue weighted by atomic mass is 19.1. The second kappa shape index (κ2) is 9.76. The Bertz CT molecular complexity index is 1320. The number of hydrogen-bond donors (Lipinski definition) is 0. The molecule has 8 nitrogen and oxygen atoms in total. The van der Waals surface area contributed by atoms with Crippen LogP contribution in [-0.4, -0.2) is 49.3 Å². The van der Waals surface area contributed by atoms with Crippen LogP contribution in [0.1, 0.15) is 47.0 Å². The fourth-order valence-corrected chi connectivity index (χ4v) is 3.81. The zero-order valence-electron chi connectivity index (χ0n) is 18.9. The predicted octanol–water partition coefficient (Wildman–Crippen LogP) is 3.68. The lowest BCUT2D eigenvalue weighted by Gasteiger charge is -2.19. The number of esters is 1. The summed E-state index contributed by atoms with van der Waals surface area (Å²) in [5, 5.41) is 0. The molecule has 0 bridgehead atoms. The number of fused-ring (bicyclic) bond motifs is 1. The fourth-order valence-electron chi connectivity index (χ4n) is 3.81. The van der Waals surface area contributed by atoms with Crippen molar-refractivity contribution in [3.8, 4) is 11.5 Å². The van der Waals surface area contributed by atoms with Crippen LogP contribution in [0.2, 0.25) is 0 Å². The molecule has 1 heterocycles. The molecule has 1 aliphatic rings. The van der Waals surface area contributed by atoms with E-state index in [1.807, 2.05) is 0 Å². The average molecular weight is 477 g/mol. The van der Waals surface area contributed by atoms with Crippen LogP contribution >= 0.6 is 0 Å². The van der Waals surface area contributed by atoms with E-state index in [2.05, 4.69) is 0 Å². The highest BCUT2D eigenvalue weighted by Gasteiger charge is 2.36. The summed E-state index contributed by atoms with van der Waals surface area (Å²) in [5.74, 6) is -2.87. The number of benzene rings is 3. The van der Waals surface area contributed by atoms with E-state index >= 15 is 0 Å². The SMILES string of the molecule is COc1cc(C(=O)OCC(=O)c2ccccc2F)cc(CN2C(=O)c3ccccc3C2=O)c1OC. The number of hydrogen-bond acceptors (Lipinski definition) is 7. The quantitative estimate of drug-likeness (QED) is 0.277. The van der Waals surface area contributed by atoms with Gasteiger partial charge in [0, 0.05) is 5.56 Å². The fraction of sp³-hybridized carbons (Fsp3) is 0.154. The van der Waals surface area contributed by atoms with Crippen molar-refractivity contribution in [1.29, 1.82) is 0 Å². The summed E-state index contributed by atoms with van der Waals surface area (Å²) in [7, 11) is 2.75. The third kappa shape index (κ3) is 4.48. The first-order valence-electron chi connectivity index (χ1n) is 10.5. The topological polar surface area (TPSA) is 99.2 Å². The van der Waals surface area contributed by atoms with Crippen LogP contribution in [0.25, 0.3) is 0 Å². The van der Waals surface area contributed by atoms with Gasteiger partial charge in [0.05, 0.1) is 43.0 Å². The molecule has 4 rings (SSSR count). The van der Waals surface area contributed by atoms with Crippen molar-refractivity contribution in [3.63, 3.8) is 0 Å². The van der Waals surface area contributed by atoms with E-state index in [0.29, 0.717) is 5.56 Å². The zero-order chi connectivity index (χ0) is 25.1. The first kappa shape index (κ1) is 23.6. The molecule has 0 atom stereocenters. The van der Waals surface area contributed by atoms with Gasteiger partial charge in [-0.05, 0) is 36.4 Å². The number of carbonyl (C=O) groups excluding carboxylic acids is 4. The van der Waals surface area contributed by atoms with Crippen LogP contribution in [0.15, 0.2) is 60.7 Å². The lowest BCUT2D eigenvalue weighted by atomic mass is 10.1. The summed E-state index contributed by atoms with van der Waals surface area (Å²) >= 11 is 0. The molecule has 9 heteroatoms. The van der Waals surface area contributed by atoms with E-state index < -0.39 is 36.0 Å². The molecule has 2 amide bonds. The highest BCUT2D eigenvalue weighted by molar-refractivity contribution is 6.21. The minimum absolute atomic E-state index is 0.00408. The van der Waals surface area contributed by atoms with Gasteiger partial charge in [0.25, 0.3) is 11.8 Å². The molecule has 0 unspecified atom stereocenters. The van der Waals surface area contributed by atoms with Crippen molar-refractivity contribution < 1.29 is 37.8 Å². The maximum absolute atomic E-state index is 13.8. The Morgan fingerprint density at radius 2 is 1.51 bits per heavy atom. The van der Waals surface area contributed by atoms with Crippen molar-refractivity contribution in [2.24, 2.45) is 0 Å². The molecule has 0 saturated heterocycles. The van der Waals surface area contributed by atoms with Crippen molar-refractivity contribution in [2.45, 2.75) is 6.54 Å². The lowest BCUT2D eigenvalue weighted by molar-refractivity contribution is 0.0473. The molecule has 3 aromatic carbocycles. The molecule has 0 aromatic heterocycles. The van der Waals surface area contributed by atoms with Crippen LogP contribution in [0.3, 0.4) is 0 Å². The van der Waals surface area contributed by atoms with Crippen LogP contribution in [0.4, 0.5) is 4.39 Å². The third-order valence-electron chi connectivity index (χ3n) is 5.51. The standard InChI is InChI=1S/C26H20FNO7/c1-33-22-12-15(26(32)35-14-21(29)19-9-5-6-10-20(19)27)11-16(23(22)34-2)13-28-24(30)17-7-3-4-8-18(17)25(28)31/h3-12H,13-14H2,1-2H3. The second-order valence-corrected chi connectivity index (χ2v) is 7.59. The van der Waals surface area contributed by atoms with Gasteiger partial charge in [-0.3, -0.25) is 19.3 Å². The monoisotopic (exact) mass is 477 g/mol. The Morgan fingerprint density at radius 1 is 0.886 bits per heavy atom. The van der Waals surface area contributed by atoms with E-state index in [-0.39, 0.29) is 40.3 Å². The average Bonchev–Trinajstić information content (AvgIpc) is 3.11. The first-order valence-corrected chi connectivity index (χ1v) is 10.5. The summed E-state index contributed by atoms with van der Waals surface area (Å²) in [6.07, 6.45) is 0. The number of methoxy groups -OCH3 is 2. The molecule has 0 spiro atoms. The minimum atomic E-state index is -0.876. The smallest absolute Gasteiger partial charge is 0.338 e.